The van der Waals surface area contributed by atoms with Gasteiger partial charge in [0.1, 0.15) is 0 Å². The molecule has 0 unspecified atom stereocenters. The lowest BCUT2D eigenvalue weighted by Gasteiger charge is -1.86. The predicted octanol–water partition coefficient (Wildman–Crippen LogP) is 2.18. The van der Waals surface area contributed by atoms with E-state index in [4.69, 9.17) is 0 Å². The highest BCUT2D eigenvalue weighted by Crippen LogP contribution is 1.94. The minimum absolute atomic E-state index is 1.11. The van der Waals surface area contributed by atoms with Gasteiger partial charge in [0, 0.05) is 0 Å². The summed E-state index contributed by atoms with van der Waals surface area (Å²) in [6.07, 6.45) is 3.20. The molecule has 0 aliphatic rings. The molecule has 0 aliphatic carbocycles. The summed E-state index contributed by atoms with van der Waals surface area (Å²) in [6.45, 7) is 7.80. The highest BCUT2D eigenvalue weighted by atomic mass is 13.8. The third-order valence-electron chi connectivity index (χ3n) is 0.553. The Morgan fingerprint density at radius 3 is 2.33 bits per heavy atom. The normalized spacial score (nSPS) is 8.33. The first-order chi connectivity index (χ1) is 2.77. The third kappa shape index (κ3) is 3.74. The molecule has 0 bridgehead atoms. The minimum Gasteiger partial charge on any atom is -0.0998 e. The second kappa shape index (κ2) is 2.95. The first kappa shape index (κ1) is 5.74. The van der Waals surface area contributed by atoms with Crippen LogP contribution in [0.3, 0.4) is 0 Å². The molecule has 0 atom stereocenters. The maximum Gasteiger partial charge on any atom is -0.0146 e. The standard InChI is InChI=1S/C6H11/c1-4-5-6(2)3/h5H,2,4H2,1,3H3. The van der Waals surface area contributed by atoms with Gasteiger partial charge in [-0.05, 0) is 19.8 Å². The molecule has 0 saturated heterocycles. The van der Waals surface area contributed by atoms with E-state index in [0.717, 1.165) is 12.0 Å². The number of allylic oxidation sites excluding steroid dienone is 1. The van der Waals surface area contributed by atoms with Gasteiger partial charge in [0.25, 0.3) is 0 Å². The molecular weight excluding hydrogens is 72.1 g/mol. The molecule has 6 heavy (non-hydrogen) atoms. The van der Waals surface area contributed by atoms with Crippen molar-refractivity contribution in [1.82, 2.24) is 0 Å². The fraction of sp³-hybridized carbons (Fsp3) is 0.500. The molecule has 0 aromatic rings. The van der Waals surface area contributed by atoms with Crippen molar-refractivity contribution in [3.63, 3.8) is 0 Å². The van der Waals surface area contributed by atoms with Gasteiger partial charge in [-0.25, -0.2) is 0 Å². The molecule has 0 fully saturated rings. The van der Waals surface area contributed by atoms with Crippen LogP contribution in [0.5, 0.6) is 0 Å². The lowest BCUT2D eigenvalue weighted by atomic mass is 10.2. The quantitative estimate of drug-likeness (QED) is 0.480. The van der Waals surface area contributed by atoms with E-state index in [1.165, 1.54) is 0 Å². The smallest absolute Gasteiger partial charge is 0.0146 e. The molecule has 0 nitrogen and oxygen atoms in total. The van der Waals surface area contributed by atoms with Crippen LogP contribution in [0.2, 0.25) is 0 Å². The lowest BCUT2D eigenvalue weighted by Crippen LogP contribution is -1.68. The van der Waals surface area contributed by atoms with Crippen molar-refractivity contribution in [2.75, 3.05) is 0 Å². The van der Waals surface area contributed by atoms with Crippen LogP contribution in [-0.4, -0.2) is 0 Å². The summed E-state index contributed by atoms with van der Waals surface area (Å²) in [7, 11) is 0. The fourth-order valence-corrected chi connectivity index (χ4v) is 0.348. The highest BCUT2D eigenvalue weighted by Gasteiger charge is 1.76. The Labute approximate surface area is 39.9 Å². The summed E-state index contributed by atoms with van der Waals surface area (Å²) in [4.78, 5) is 0. The Hall–Kier alpha value is -0.260. The van der Waals surface area contributed by atoms with Crippen molar-refractivity contribution < 1.29 is 0 Å². The number of rotatable bonds is 2. The zero-order valence-corrected chi connectivity index (χ0v) is 4.49. The van der Waals surface area contributed by atoms with Crippen molar-refractivity contribution in [2.45, 2.75) is 20.3 Å². The second-order valence-electron chi connectivity index (χ2n) is 1.46. The monoisotopic (exact) mass is 83.1 g/mol. The van der Waals surface area contributed by atoms with E-state index >= 15 is 0 Å². The van der Waals surface area contributed by atoms with Gasteiger partial charge >= 0.3 is 0 Å². The van der Waals surface area contributed by atoms with E-state index < -0.39 is 0 Å². The number of hydrogen-bond acceptors (Lipinski definition) is 0. The van der Waals surface area contributed by atoms with Crippen LogP contribution in [0.25, 0.3) is 0 Å². The van der Waals surface area contributed by atoms with Crippen molar-refractivity contribution in [3.8, 4) is 0 Å². The predicted molar refractivity (Wildman–Crippen MR) is 29.4 cm³/mol. The Kier molecular flexibility index (Phi) is 2.82. The Bertz CT molecular complexity index is 44.0. The molecule has 35 valence electrons. The summed E-state index contributed by atoms with van der Waals surface area (Å²) in [5.41, 5.74) is 1.16. The maximum absolute atomic E-state index is 3.69. The molecular formula is C6H11. The number of hydrogen-bond donors (Lipinski definition) is 0. The molecule has 0 rings (SSSR count). The molecule has 0 amide bonds. The fourth-order valence-electron chi connectivity index (χ4n) is 0.348. The van der Waals surface area contributed by atoms with E-state index in [0.29, 0.717) is 0 Å². The van der Waals surface area contributed by atoms with Gasteiger partial charge in [0.2, 0.25) is 0 Å². The van der Waals surface area contributed by atoms with E-state index in [9.17, 15) is 0 Å². The van der Waals surface area contributed by atoms with Gasteiger partial charge in [-0.2, -0.15) is 0 Å². The molecule has 0 aromatic heterocycles. The van der Waals surface area contributed by atoms with Crippen molar-refractivity contribution >= 4 is 0 Å². The highest BCUT2D eigenvalue weighted by molar-refractivity contribution is 5.02. The Morgan fingerprint density at radius 2 is 2.33 bits per heavy atom. The summed E-state index contributed by atoms with van der Waals surface area (Å²) in [5.74, 6) is 0. The zero-order valence-electron chi connectivity index (χ0n) is 4.49. The summed E-state index contributed by atoms with van der Waals surface area (Å²) in [5, 5.41) is 0. The lowest BCUT2D eigenvalue weighted by molar-refractivity contribution is 1.11. The molecule has 0 heteroatoms. The Morgan fingerprint density at radius 1 is 1.83 bits per heavy atom. The molecule has 0 spiro atoms. The average molecular weight is 83.2 g/mol. The van der Waals surface area contributed by atoms with Gasteiger partial charge in [0.15, 0.2) is 0 Å². The van der Waals surface area contributed by atoms with Gasteiger partial charge < -0.3 is 0 Å². The topological polar surface area (TPSA) is 0 Å². The first-order valence-corrected chi connectivity index (χ1v) is 2.26. The van der Waals surface area contributed by atoms with E-state index in [1.807, 2.05) is 6.92 Å². The first-order valence-electron chi connectivity index (χ1n) is 2.26. The van der Waals surface area contributed by atoms with Gasteiger partial charge in [-0.15, -0.1) is 0 Å². The maximum atomic E-state index is 3.69. The van der Waals surface area contributed by atoms with E-state index in [2.05, 4.69) is 19.9 Å². The van der Waals surface area contributed by atoms with E-state index in [-0.39, 0.29) is 0 Å². The van der Waals surface area contributed by atoms with Crippen LogP contribution in [0.1, 0.15) is 20.3 Å². The van der Waals surface area contributed by atoms with Gasteiger partial charge in [0.05, 0.1) is 0 Å². The Balaban J connectivity index is 2.83. The van der Waals surface area contributed by atoms with Crippen LogP contribution >= 0.6 is 0 Å². The largest absolute Gasteiger partial charge is 0.0998 e. The summed E-state index contributed by atoms with van der Waals surface area (Å²) in [6, 6.07) is 0. The zero-order chi connectivity index (χ0) is 4.99. The molecule has 0 N–H and O–H groups in total. The minimum atomic E-state index is 1.11. The molecule has 0 saturated carbocycles. The molecule has 0 aliphatic heterocycles. The third-order valence-corrected chi connectivity index (χ3v) is 0.553. The molecule has 1 radical (unpaired) electrons. The molecule has 0 aromatic carbocycles. The van der Waals surface area contributed by atoms with Gasteiger partial charge in [-0.3, -0.25) is 0 Å². The summed E-state index contributed by atoms with van der Waals surface area (Å²) < 4.78 is 0. The van der Waals surface area contributed by atoms with Crippen LogP contribution in [-0.2, 0) is 0 Å². The van der Waals surface area contributed by atoms with Crippen LogP contribution in [0.15, 0.2) is 12.2 Å². The molecule has 0 heterocycles. The van der Waals surface area contributed by atoms with Crippen LogP contribution < -0.4 is 0 Å². The SMILES string of the molecule is C=C(C)[CH]CC. The van der Waals surface area contributed by atoms with Crippen LogP contribution in [0, 0.1) is 6.42 Å². The second-order valence-corrected chi connectivity index (χ2v) is 1.46. The average Bonchev–Trinajstić information content (AvgIpc) is 1.35. The van der Waals surface area contributed by atoms with Crippen molar-refractivity contribution in [3.05, 3.63) is 18.6 Å². The van der Waals surface area contributed by atoms with Crippen molar-refractivity contribution in [2.24, 2.45) is 0 Å². The summed E-state index contributed by atoms with van der Waals surface area (Å²) >= 11 is 0. The van der Waals surface area contributed by atoms with Gasteiger partial charge in [-0.1, -0.05) is 19.1 Å². The van der Waals surface area contributed by atoms with E-state index in [1.54, 1.807) is 0 Å². The van der Waals surface area contributed by atoms with Crippen molar-refractivity contribution in [1.29, 1.82) is 0 Å². The van der Waals surface area contributed by atoms with Crippen LogP contribution in [0.4, 0.5) is 0 Å².